The molecule has 0 heterocycles. The molecule has 0 bridgehead atoms. The molecule has 116 valence electrons. The van der Waals surface area contributed by atoms with E-state index in [9.17, 15) is 4.79 Å². The molecule has 0 radical (unpaired) electrons. The van der Waals surface area contributed by atoms with Crippen LogP contribution in [0.2, 0.25) is 0 Å². The van der Waals surface area contributed by atoms with Crippen LogP contribution in [0.3, 0.4) is 0 Å². The summed E-state index contributed by atoms with van der Waals surface area (Å²) in [6.07, 6.45) is 0.567. The number of hydrogen-bond acceptors (Lipinski definition) is 2. The van der Waals surface area contributed by atoms with Crippen LogP contribution in [-0.2, 0) is 0 Å². The SMILES string of the molecule is Cc1cc(C)c(C(=O)N(CCC(N)=S)CC(C)C)c(C)c1. The standard InChI is InChI=1S/C17H26N2OS/c1-11(2)10-19(7-6-15(18)21)17(20)16-13(4)8-12(3)9-14(16)5/h8-9,11H,6-7,10H2,1-5H3,(H2,18,21). The maximum atomic E-state index is 12.9. The minimum Gasteiger partial charge on any atom is -0.393 e. The minimum absolute atomic E-state index is 0.0787. The summed E-state index contributed by atoms with van der Waals surface area (Å²) in [5.74, 6) is 0.487. The Hall–Kier alpha value is -1.42. The van der Waals surface area contributed by atoms with Crippen LogP contribution < -0.4 is 5.73 Å². The molecule has 0 aliphatic carbocycles. The maximum Gasteiger partial charge on any atom is 0.254 e. The zero-order valence-corrected chi connectivity index (χ0v) is 14.5. The van der Waals surface area contributed by atoms with Gasteiger partial charge < -0.3 is 10.6 Å². The number of carbonyl (C=O) groups excluding carboxylic acids is 1. The summed E-state index contributed by atoms with van der Waals surface area (Å²) in [4.78, 5) is 15.2. The predicted molar refractivity (Wildman–Crippen MR) is 92.8 cm³/mol. The molecule has 2 N–H and O–H groups in total. The second-order valence-electron chi connectivity index (χ2n) is 6.14. The molecular formula is C17H26N2OS. The third-order valence-electron chi connectivity index (χ3n) is 3.39. The van der Waals surface area contributed by atoms with Gasteiger partial charge in [0, 0.05) is 25.1 Å². The number of rotatable bonds is 6. The third-order valence-corrected chi connectivity index (χ3v) is 3.60. The van der Waals surface area contributed by atoms with Crippen LogP contribution >= 0.6 is 12.2 Å². The second-order valence-corrected chi connectivity index (χ2v) is 6.66. The molecule has 0 atom stereocenters. The fourth-order valence-corrected chi connectivity index (χ4v) is 2.73. The van der Waals surface area contributed by atoms with Gasteiger partial charge in [-0.05, 0) is 37.8 Å². The number of aryl methyl sites for hydroxylation is 3. The Bertz CT molecular complexity index is 515. The zero-order chi connectivity index (χ0) is 16.2. The summed E-state index contributed by atoms with van der Waals surface area (Å²) in [6.45, 7) is 11.6. The van der Waals surface area contributed by atoms with E-state index in [-0.39, 0.29) is 5.91 Å². The number of thiocarbonyl (C=S) groups is 1. The number of hydrogen-bond donors (Lipinski definition) is 1. The smallest absolute Gasteiger partial charge is 0.254 e. The lowest BCUT2D eigenvalue weighted by molar-refractivity contribution is 0.0739. The van der Waals surface area contributed by atoms with E-state index < -0.39 is 0 Å². The van der Waals surface area contributed by atoms with Crippen LogP contribution in [0.25, 0.3) is 0 Å². The van der Waals surface area contributed by atoms with Crippen LogP contribution in [0.5, 0.6) is 0 Å². The van der Waals surface area contributed by atoms with E-state index in [1.54, 1.807) is 0 Å². The Morgan fingerprint density at radius 2 is 1.76 bits per heavy atom. The molecule has 21 heavy (non-hydrogen) atoms. The van der Waals surface area contributed by atoms with Crippen LogP contribution in [0.1, 0.15) is 47.3 Å². The average Bonchev–Trinajstić information content (AvgIpc) is 2.32. The highest BCUT2D eigenvalue weighted by Crippen LogP contribution is 2.19. The topological polar surface area (TPSA) is 46.3 Å². The lowest BCUT2D eigenvalue weighted by Crippen LogP contribution is -2.37. The van der Waals surface area contributed by atoms with E-state index in [4.69, 9.17) is 18.0 Å². The third kappa shape index (κ3) is 5.12. The van der Waals surface area contributed by atoms with Crippen LogP contribution in [-0.4, -0.2) is 28.9 Å². The highest BCUT2D eigenvalue weighted by Gasteiger charge is 2.20. The van der Waals surface area contributed by atoms with E-state index in [2.05, 4.69) is 26.0 Å². The van der Waals surface area contributed by atoms with E-state index in [1.165, 1.54) is 5.56 Å². The van der Waals surface area contributed by atoms with Crippen molar-refractivity contribution in [2.24, 2.45) is 11.7 Å². The van der Waals surface area contributed by atoms with Gasteiger partial charge in [-0.3, -0.25) is 4.79 Å². The summed E-state index contributed by atoms with van der Waals surface area (Å²) in [7, 11) is 0. The van der Waals surface area contributed by atoms with Crippen molar-refractivity contribution < 1.29 is 4.79 Å². The van der Waals surface area contributed by atoms with Gasteiger partial charge in [0.15, 0.2) is 0 Å². The number of nitrogens with zero attached hydrogens (tertiary/aromatic N) is 1. The molecule has 1 amide bonds. The molecule has 4 heteroatoms. The number of carbonyl (C=O) groups is 1. The van der Waals surface area contributed by atoms with Crippen molar-refractivity contribution in [2.45, 2.75) is 41.0 Å². The van der Waals surface area contributed by atoms with Gasteiger partial charge in [-0.15, -0.1) is 0 Å². The zero-order valence-electron chi connectivity index (χ0n) is 13.7. The Labute approximate surface area is 133 Å². The molecule has 0 spiro atoms. The van der Waals surface area contributed by atoms with Gasteiger partial charge in [0.2, 0.25) is 0 Å². The van der Waals surface area contributed by atoms with Gasteiger partial charge in [-0.1, -0.05) is 43.8 Å². The first-order valence-electron chi connectivity index (χ1n) is 7.37. The quantitative estimate of drug-likeness (QED) is 0.820. The fraction of sp³-hybridized carbons (Fsp3) is 0.529. The van der Waals surface area contributed by atoms with Crippen molar-refractivity contribution in [3.05, 3.63) is 34.4 Å². The van der Waals surface area contributed by atoms with Gasteiger partial charge >= 0.3 is 0 Å². The second kappa shape index (κ2) is 7.55. The van der Waals surface area contributed by atoms with E-state index in [1.807, 2.05) is 25.7 Å². The van der Waals surface area contributed by atoms with Crippen molar-refractivity contribution in [3.8, 4) is 0 Å². The van der Waals surface area contributed by atoms with Crippen molar-refractivity contribution in [1.82, 2.24) is 4.90 Å². The molecular weight excluding hydrogens is 280 g/mol. The Morgan fingerprint density at radius 3 is 2.19 bits per heavy atom. The Balaban J connectivity index is 3.07. The molecule has 0 fully saturated rings. The van der Waals surface area contributed by atoms with Gasteiger partial charge in [0.05, 0.1) is 4.99 Å². The number of nitrogens with two attached hydrogens (primary N) is 1. The van der Waals surface area contributed by atoms with Crippen molar-refractivity contribution in [1.29, 1.82) is 0 Å². The molecule has 0 unspecified atom stereocenters. The van der Waals surface area contributed by atoms with Crippen molar-refractivity contribution in [2.75, 3.05) is 13.1 Å². The lowest BCUT2D eigenvalue weighted by atomic mass is 9.98. The molecule has 0 saturated carbocycles. The highest BCUT2D eigenvalue weighted by molar-refractivity contribution is 7.80. The summed E-state index contributed by atoms with van der Waals surface area (Å²) in [5, 5.41) is 0. The van der Waals surface area contributed by atoms with E-state index in [0.717, 1.165) is 16.7 Å². The molecule has 1 rings (SSSR count). The normalized spacial score (nSPS) is 10.8. The first-order chi connectivity index (χ1) is 9.72. The Kier molecular flexibility index (Phi) is 6.34. The summed E-state index contributed by atoms with van der Waals surface area (Å²) in [5.41, 5.74) is 9.63. The van der Waals surface area contributed by atoms with Crippen molar-refractivity contribution in [3.63, 3.8) is 0 Å². The molecule has 3 nitrogen and oxygen atoms in total. The van der Waals surface area contributed by atoms with Crippen LogP contribution in [0.4, 0.5) is 0 Å². The lowest BCUT2D eigenvalue weighted by Gasteiger charge is -2.26. The Morgan fingerprint density at radius 1 is 1.24 bits per heavy atom. The molecule has 0 aliphatic rings. The van der Waals surface area contributed by atoms with E-state index >= 15 is 0 Å². The number of amides is 1. The summed E-state index contributed by atoms with van der Waals surface area (Å²) in [6, 6.07) is 4.11. The monoisotopic (exact) mass is 306 g/mol. The first-order valence-corrected chi connectivity index (χ1v) is 7.78. The van der Waals surface area contributed by atoms with Gasteiger partial charge in [0.1, 0.15) is 0 Å². The van der Waals surface area contributed by atoms with E-state index in [0.29, 0.717) is 30.4 Å². The van der Waals surface area contributed by atoms with Gasteiger partial charge in [0.25, 0.3) is 5.91 Å². The molecule has 0 saturated heterocycles. The first kappa shape index (κ1) is 17.6. The average molecular weight is 306 g/mol. The largest absolute Gasteiger partial charge is 0.393 e. The molecule has 1 aromatic rings. The van der Waals surface area contributed by atoms with Crippen LogP contribution in [0, 0.1) is 26.7 Å². The van der Waals surface area contributed by atoms with Gasteiger partial charge in [-0.25, -0.2) is 0 Å². The molecule has 0 aromatic heterocycles. The molecule has 0 aliphatic heterocycles. The maximum absolute atomic E-state index is 12.9. The highest BCUT2D eigenvalue weighted by atomic mass is 32.1. The number of benzene rings is 1. The van der Waals surface area contributed by atoms with Crippen LogP contribution in [0.15, 0.2) is 12.1 Å². The molecule has 1 aromatic carbocycles. The van der Waals surface area contributed by atoms with Crippen molar-refractivity contribution >= 4 is 23.1 Å². The predicted octanol–water partition coefficient (Wildman–Crippen LogP) is 3.39. The van der Waals surface area contributed by atoms with Gasteiger partial charge in [-0.2, -0.15) is 0 Å². The fourth-order valence-electron chi connectivity index (χ4n) is 2.64. The summed E-state index contributed by atoms with van der Waals surface area (Å²) < 4.78 is 0. The summed E-state index contributed by atoms with van der Waals surface area (Å²) >= 11 is 4.94. The minimum atomic E-state index is 0.0787.